The number of benzene rings is 1. The molecule has 5 rings (SSSR count). The minimum Gasteiger partial charge on any atom is -0.458 e. The number of hydrogen-bond donors (Lipinski definition) is 0. The molecule has 0 saturated carbocycles. The van der Waals surface area contributed by atoms with Crippen molar-refractivity contribution in [3.63, 3.8) is 0 Å². The van der Waals surface area contributed by atoms with Gasteiger partial charge in [0.05, 0.1) is 17.8 Å². The Morgan fingerprint density at radius 3 is 2.69 bits per heavy atom. The summed E-state index contributed by atoms with van der Waals surface area (Å²) in [7, 11) is 0. The molecule has 0 N–H and O–H groups in total. The van der Waals surface area contributed by atoms with Gasteiger partial charge in [-0.3, -0.25) is 4.79 Å². The van der Waals surface area contributed by atoms with Crippen LogP contribution < -0.4 is 4.90 Å². The second-order valence-electron chi connectivity index (χ2n) is 7.34. The van der Waals surface area contributed by atoms with Gasteiger partial charge in [0.2, 0.25) is 0 Å². The number of ether oxygens (including phenoxy) is 1. The first-order valence-electron chi connectivity index (χ1n) is 10.1. The van der Waals surface area contributed by atoms with Crippen LogP contribution in [0.2, 0.25) is 0 Å². The second-order valence-corrected chi connectivity index (χ2v) is 7.34. The van der Waals surface area contributed by atoms with E-state index in [0.29, 0.717) is 12.0 Å². The Labute approximate surface area is 171 Å². The molecule has 0 amide bonds. The molecule has 0 saturated heterocycles. The number of hydrogen-bond acceptors (Lipinski definition) is 3. The summed E-state index contributed by atoms with van der Waals surface area (Å²) in [4.78, 5) is 15.0. The minimum atomic E-state index is 0.0788. The van der Waals surface area contributed by atoms with Crippen LogP contribution in [-0.4, -0.2) is 5.78 Å². The van der Waals surface area contributed by atoms with Gasteiger partial charge in [-0.2, -0.15) is 0 Å². The van der Waals surface area contributed by atoms with Crippen LogP contribution in [0.1, 0.15) is 42.5 Å². The molecule has 3 nitrogen and oxygen atoms in total. The number of rotatable bonds is 3. The number of allylic oxidation sites excluding steroid dienone is 10. The van der Waals surface area contributed by atoms with E-state index < -0.39 is 0 Å². The predicted octanol–water partition coefficient (Wildman–Crippen LogP) is 5.72. The van der Waals surface area contributed by atoms with E-state index in [9.17, 15) is 4.79 Å². The summed E-state index contributed by atoms with van der Waals surface area (Å²) in [5.41, 5.74) is 4.60. The van der Waals surface area contributed by atoms with E-state index in [1.54, 1.807) is 0 Å². The highest BCUT2D eigenvalue weighted by Crippen LogP contribution is 2.39. The molecular weight excluding hydrogens is 358 g/mol. The number of nitrogens with zero attached hydrogens (tertiary/aromatic N) is 1. The zero-order valence-corrected chi connectivity index (χ0v) is 16.2. The summed E-state index contributed by atoms with van der Waals surface area (Å²) in [6.07, 6.45) is 18.5. The van der Waals surface area contributed by atoms with Crippen LogP contribution in [0.25, 0.3) is 0 Å². The van der Waals surface area contributed by atoms with E-state index >= 15 is 0 Å². The first-order valence-corrected chi connectivity index (χ1v) is 10.1. The van der Waals surface area contributed by atoms with Crippen LogP contribution in [0.3, 0.4) is 0 Å². The van der Waals surface area contributed by atoms with E-state index in [1.165, 1.54) is 0 Å². The molecule has 0 bridgehead atoms. The molecule has 1 aromatic rings. The fourth-order valence-electron chi connectivity index (χ4n) is 3.99. The van der Waals surface area contributed by atoms with Crippen LogP contribution in [0.15, 0.2) is 95.3 Å². The zero-order chi connectivity index (χ0) is 19.6. The molecule has 0 fully saturated rings. The Hall–Kier alpha value is -3.51. The van der Waals surface area contributed by atoms with Gasteiger partial charge in [-0.15, -0.1) is 0 Å². The summed E-state index contributed by atoms with van der Waals surface area (Å²) in [5, 5.41) is 0. The molecule has 0 atom stereocenters. The van der Waals surface area contributed by atoms with Crippen LogP contribution in [-0.2, 0) is 4.74 Å². The molecule has 0 radical (unpaired) electrons. The summed E-state index contributed by atoms with van der Waals surface area (Å²) in [6, 6.07) is 7.88. The van der Waals surface area contributed by atoms with Gasteiger partial charge >= 0.3 is 0 Å². The molecule has 0 unspecified atom stereocenters. The number of Topliss-reactive ketones (excluding diaryl/α,β-unsaturated/α-hetero) is 1. The maximum atomic E-state index is 12.8. The third kappa shape index (κ3) is 3.28. The van der Waals surface area contributed by atoms with E-state index in [1.807, 2.05) is 48.6 Å². The molecule has 0 aromatic heterocycles. The van der Waals surface area contributed by atoms with Crippen LogP contribution in [0.5, 0.6) is 0 Å². The standard InChI is InChI=1S/C26H21NO2/c28-26(19-9-3-1-4-10-19)20-15-17-21(18-16-20)27-22-11-5-2-6-13-24(22)29-25-14-8-7-12-23(25)27/h3,6-7,9-10,12-13,15-18H,1,4,8,11,14H2. The van der Waals surface area contributed by atoms with Gasteiger partial charge in [0.1, 0.15) is 11.5 Å². The summed E-state index contributed by atoms with van der Waals surface area (Å²) >= 11 is 0. The highest BCUT2D eigenvalue weighted by atomic mass is 16.5. The normalized spacial score (nSPS) is 19.6. The number of anilines is 1. The van der Waals surface area contributed by atoms with Crippen molar-refractivity contribution in [1.29, 1.82) is 0 Å². The zero-order valence-electron chi connectivity index (χ0n) is 16.2. The third-order valence-electron chi connectivity index (χ3n) is 5.45. The predicted molar refractivity (Wildman–Crippen MR) is 115 cm³/mol. The maximum Gasteiger partial charge on any atom is 0.192 e. The van der Waals surface area contributed by atoms with Gasteiger partial charge < -0.3 is 9.64 Å². The van der Waals surface area contributed by atoms with Crippen LogP contribution in [0, 0.1) is 11.8 Å². The smallest absolute Gasteiger partial charge is 0.192 e. The topological polar surface area (TPSA) is 29.5 Å². The van der Waals surface area contributed by atoms with Crippen molar-refractivity contribution in [3.8, 4) is 11.8 Å². The highest BCUT2D eigenvalue weighted by Gasteiger charge is 2.29. The van der Waals surface area contributed by atoms with Crippen molar-refractivity contribution in [2.75, 3.05) is 4.90 Å². The van der Waals surface area contributed by atoms with E-state index in [2.05, 4.69) is 35.0 Å². The summed E-state index contributed by atoms with van der Waals surface area (Å²) < 4.78 is 6.20. The fourth-order valence-corrected chi connectivity index (χ4v) is 3.99. The van der Waals surface area contributed by atoms with Gasteiger partial charge in [-0.05, 0) is 61.8 Å². The van der Waals surface area contributed by atoms with Gasteiger partial charge in [0, 0.05) is 23.2 Å². The molecule has 0 spiro atoms. The van der Waals surface area contributed by atoms with Gasteiger partial charge in [-0.1, -0.05) is 36.1 Å². The molecular formula is C26H21NO2. The largest absolute Gasteiger partial charge is 0.458 e. The van der Waals surface area contributed by atoms with Gasteiger partial charge in [0.15, 0.2) is 5.78 Å². The average molecular weight is 379 g/mol. The van der Waals surface area contributed by atoms with Crippen molar-refractivity contribution in [2.24, 2.45) is 0 Å². The third-order valence-corrected chi connectivity index (χ3v) is 5.45. The Balaban J connectivity index is 1.52. The first-order chi connectivity index (χ1) is 14.3. The lowest BCUT2D eigenvalue weighted by Crippen LogP contribution is -2.29. The number of carbonyl (C=O) groups excluding carboxylic acids is 1. The molecule has 142 valence electrons. The van der Waals surface area contributed by atoms with Crippen molar-refractivity contribution in [2.45, 2.75) is 32.1 Å². The second kappa shape index (κ2) is 7.48. The molecule has 4 aliphatic rings. The quantitative estimate of drug-likeness (QED) is 0.497. The van der Waals surface area contributed by atoms with Crippen molar-refractivity contribution in [3.05, 3.63) is 101 Å². The number of ketones is 1. The van der Waals surface area contributed by atoms with E-state index in [0.717, 1.165) is 59.9 Å². The van der Waals surface area contributed by atoms with Crippen molar-refractivity contribution in [1.82, 2.24) is 0 Å². The molecule has 1 aliphatic heterocycles. The average Bonchev–Trinajstić information content (AvgIpc) is 3.03. The molecule has 3 heteroatoms. The lowest BCUT2D eigenvalue weighted by Gasteiger charge is -2.36. The maximum absolute atomic E-state index is 12.8. The molecule has 29 heavy (non-hydrogen) atoms. The molecule has 1 heterocycles. The Morgan fingerprint density at radius 1 is 1.00 bits per heavy atom. The SMILES string of the molecule is O=C(C1=CCCC=C1)c1ccc(N2C3=C(CCC=C3)OC3=C2CC#CC=C3)cc1. The highest BCUT2D eigenvalue weighted by molar-refractivity contribution is 6.10. The monoisotopic (exact) mass is 379 g/mol. The van der Waals surface area contributed by atoms with E-state index in [-0.39, 0.29) is 5.78 Å². The van der Waals surface area contributed by atoms with Crippen LogP contribution in [0.4, 0.5) is 5.69 Å². The molecule has 1 aromatic carbocycles. The Bertz CT molecular complexity index is 1110. The van der Waals surface area contributed by atoms with Crippen LogP contribution >= 0.6 is 0 Å². The molecule has 3 aliphatic carbocycles. The lowest BCUT2D eigenvalue weighted by atomic mass is 9.97. The van der Waals surface area contributed by atoms with E-state index in [4.69, 9.17) is 4.74 Å². The fraction of sp³-hybridized carbons (Fsp3) is 0.192. The van der Waals surface area contributed by atoms with Crippen molar-refractivity contribution >= 4 is 11.5 Å². The summed E-state index contributed by atoms with van der Waals surface area (Å²) in [5.74, 6) is 8.13. The Kier molecular flexibility index (Phi) is 4.54. The first kappa shape index (κ1) is 17.6. The summed E-state index contributed by atoms with van der Waals surface area (Å²) in [6.45, 7) is 0. The van der Waals surface area contributed by atoms with Gasteiger partial charge in [0.25, 0.3) is 0 Å². The Morgan fingerprint density at radius 2 is 1.86 bits per heavy atom. The number of carbonyl (C=O) groups is 1. The lowest BCUT2D eigenvalue weighted by molar-refractivity contribution is 0.103. The van der Waals surface area contributed by atoms with Gasteiger partial charge in [-0.25, -0.2) is 0 Å². The van der Waals surface area contributed by atoms with Crippen molar-refractivity contribution < 1.29 is 9.53 Å². The minimum absolute atomic E-state index is 0.0788.